The molecule has 0 aliphatic carbocycles. The fourth-order valence-electron chi connectivity index (χ4n) is 3.38. The van der Waals surface area contributed by atoms with Crippen LogP contribution in [0.15, 0.2) is 30.3 Å². The third-order valence-electron chi connectivity index (χ3n) is 4.77. The quantitative estimate of drug-likeness (QED) is 0.562. The summed E-state index contributed by atoms with van der Waals surface area (Å²) >= 11 is 5.67. The molecule has 0 radical (unpaired) electrons. The third-order valence-corrected chi connectivity index (χ3v) is 5.08. The van der Waals surface area contributed by atoms with E-state index in [2.05, 4.69) is 5.32 Å². The number of aromatic hydroxyl groups is 1. The predicted octanol–water partition coefficient (Wildman–Crippen LogP) is 3.44. The molecule has 0 saturated heterocycles. The van der Waals surface area contributed by atoms with E-state index in [1.807, 2.05) is 0 Å². The lowest BCUT2D eigenvalue weighted by Gasteiger charge is -2.13. The van der Waals surface area contributed by atoms with Crippen molar-refractivity contribution in [3.63, 3.8) is 0 Å². The molecule has 3 rings (SSSR count). The minimum Gasteiger partial charge on any atom is -0.505 e. The zero-order chi connectivity index (χ0) is 21.5. The van der Waals surface area contributed by atoms with Crippen molar-refractivity contribution in [3.05, 3.63) is 63.8 Å². The molecule has 0 saturated carbocycles. The minimum absolute atomic E-state index is 0.0283. The first-order valence-electron chi connectivity index (χ1n) is 8.59. The zero-order valence-electron chi connectivity index (χ0n) is 15.5. The average Bonchev–Trinajstić information content (AvgIpc) is 2.94. The van der Waals surface area contributed by atoms with Crippen LogP contribution in [0.25, 0.3) is 10.9 Å². The van der Waals surface area contributed by atoms with Crippen molar-refractivity contribution < 1.29 is 28.6 Å². The summed E-state index contributed by atoms with van der Waals surface area (Å²) in [6, 6.07) is 5.63. The van der Waals surface area contributed by atoms with Crippen molar-refractivity contribution in [2.75, 3.05) is 6.73 Å². The first-order valence-corrected chi connectivity index (χ1v) is 8.96. The summed E-state index contributed by atoms with van der Waals surface area (Å²) in [7, 11) is 0. The van der Waals surface area contributed by atoms with Crippen LogP contribution >= 0.6 is 11.6 Å². The maximum Gasteiger partial charge on any atom is 0.262 e. The van der Waals surface area contributed by atoms with E-state index in [0.29, 0.717) is 11.3 Å². The number of nitrogens with zero attached hydrogens (tertiary/aromatic N) is 1. The number of aliphatic hydroxyl groups excluding tert-OH is 1. The standard InChI is InChI=1S/C20H17ClF2N2O4/c1-9(19(28)24-8-26)18-10(2)25(16-7-15(23)17(27)6-12(16)18)20(29)11-3-4-13(21)14(22)5-11/h3-7,9,26-27H,8H2,1-2H3,(H,24,28)/t9-/m1/s1. The van der Waals surface area contributed by atoms with Crippen molar-refractivity contribution in [2.45, 2.75) is 19.8 Å². The number of hydrogen-bond donors (Lipinski definition) is 3. The van der Waals surface area contributed by atoms with Gasteiger partial charge in [-0.1, -0.05) is 11.6 Å². The highest BCUT2D eigenvalue weighted by Crippen LogP contribution is 2.36. The Balaban J connectivity index is 2.28. The van der Waals surface area contributed by atoms with Gasteiger partial charge in [0.25, 0.3) is 5.91 Å². The van der Waals surface area contributed by atoms with Gasteiger partial charge in [0.2, 0.25) is 5.91 Å². The fraction of sp³-hybridized carbons (Fsp3) is 0.200. The number of fused-ring (bicyclic) bond motifs is 1. The number of phenols is 1. The summed E-state index contributed by atoms with van der Waals surface area (Å²) in [5.41, 5.74) is 0.756. The van der Waals surface area contributed by atoms with E-state index in [9.17, 15) is 23.5 Å². The van der Waals surface area contributed by atoms with Gasteiger partial charge in [0, 0.05) is 22.7 Å². The number of benzene rings is 2. The number of hydrogen-bond acceptors (Lipinski definition) is 4. The Morgan fingerprint density at radius 3 is 2.52 bits per heavy atom. The van der Waals surface area contributed by atoms with Crippen molar-refractivity contribution in [2.24, 2.45) is 0 Å². The number of phenolic OH excluding ortho intramolecular Hbond substituents is 1. The van der Waals surface area contributed by atoms with E-state index < -0.39 is 41.8 Å². The van der Waals surface area contributed by atoms with E-state index >= 15 is 0 Å². The summed E-state index contributed by atoms with van der Waals surface area (Å²) in [6.45, 7) is 2.52. The van der Waals surface area contributed by atoms with E-state index in [4.69, 9.17) is 16.7 Å². The molecule has 1 aromatic heterocycles. The maximum atomic E-state index is 14.1. The zero-order valence-corrected chi connectivity index (χ0v) is 16.2. The predicted molar refractivity (Wildman–Crippen MR) is 103 cm³/mol. The molecule has 2 aromatic carbocycles. The molecule has 9 heteroatoms. The molecular formula is C20H17ClF2N2O4. The summed E-state index contributed by atoms with van der Waals surface area (Å²) in [6.07, 6.45) is 0. The van der Waals surface area contributed by atoms with Crippen LogP contribution < -0.4 is 5.32 Å². The van der Waals surface area contributed by atoms with Gasteiger partial charge in [-0.15, -0.1) is 0 Å². The normalized spacial score (nSPS) is 12.2. The highest BCUT2D eigenvalue weighted by molar-refractivity contribution is 6.30. The van der Waals surface area contributed by atoms with Gasteiger partial charge in [0.05, 0.1) is 16.5 Å². The highest BCUT2D eigenvalue weighted by atomic mass is 35.5. The highest BCUT2D eigenvalue weighted by Gasteiger charge is 2.27. The Labute approximate surface area is 169 Å². The molecule has 29 heavy (non-hydrogen) atoms. The van der Waals surface area contributed by atoms with Gasteiger partial charge in [-0.05, 0) is 43.7 Å². The largest absolute Gasteiger partial charge is 0.505 e. The number of nitrogens with one attached hydrogen (secondary N) is 1. The van der Waals surface area contributed by atoms with Crippen LogP contribution in [0.3, 0.4) is 0 Å². The number of aromatic nitrogens is 1. The van der Waals surface area contributed by atoms with Crippen LogP contribution in [0.1, 0.15) is 34.5 Å². The molecule has 0 aliphatic heterocycles. The second kappa shape index (κ2) is 7.81. The van der Waals surface area contributed by atoms with E-state index in [-0.39, 0.29) is 21.5 Å². The maximum absolute atomic E-state index is 14.1. The van der Waals surface area contributed by atoms with E-state index in [0.717, 1.165) is 22.8 Å². The number of aliphatic hydroxyl groups is 1. The molecule has 152 valence electrons. The number of rotatable bonds is 4. The van der Waals surface area contributed by atoms with Gasteiger partial charge in [-0.25, -0.2) is 8.78 Å². The molecule has 1 heterocycles. The second-order valence-electron chi connectivity index (χ2n) is 6.51. The average molecular weight is 423 g/mol. The lowest BCUT2D eigenvalue weighted by atomic mass is 9.97. The lowest BCUT2D eigenvalue weighted by Crippen LogP contribution is -2.29. The Morgan fingerprint density at radius 2 is 1.90 bits per heavy atom. The smallest absolute Gasteiger partial charge is 0.262 e. The van der Waals surface area contributed by atoms with Crippen LogP contribution in [0, 0.1) is 18.6 Å². The molecule has 0 aliphatic rings. The molecule has 6 nitrogen and oxygen atoms in total. The van der Waals surface area contributed by atoms with Crippen molar-refractivity contribution in [1.29, 1.82) is 0 Å². The number of carbonyl (C=O) groups is 2. The molecule has 0 bridgehead atoms. The molecular weight excluding hydrogens is 406 g/mol. The summed E-state index contributed by atoms with van der Waals surface area (Å²) in [5.74, 6) is -4.39. The van der Waals surface area contributed by atoms with E-state index in [1.54, 1.807) is 13.8 Å². The Kier molecular flexibility index (Phi) is 5.59. The Bertz CT molecular complexity index is 1140. The van der Waals surface area contributed by atoms with Gasteiger partial charge >= 0.3 is 0 Å². The molecule has 0 unspecified atom stereocenters. The van der Waals surface area contributed by atoms with Crippen molar-refractivity contribution in [1.82, 2.24) is 9.88 Å². The third kappa shape index (κ3) is 3.56. The monoisotopic (exact) mass is 422 g/mol. The molecule has 0 spiro atoms. The Hall–Kier alpha value is -2.97. The summed E-state index contributed by atoms with van der Waals surface area (Å²) in [5, 5.41) is 21.2. The van der Waals surface area contributed by atoms with Gasteiger partial charge in [-0.3, -0.25) is 14.2 Å². The van der Waals surface area contributed by atoms with Gasteiger partial charge < -0.3 is 15.5 Å². The minimum atomic E-state index is -0.953. The molecule has 3 N–H and O–H groups in total. The second-order valence-corrected chi connectivity index (χ2v) is 6.92. The van der Waals surface area contributed by atoms with Crippen LogP contribution in [0.5, 0.6) is 5.75 Å². The Morgan fingerprint density at radius 1 is 1.21 bits per heavy atom. The van der Waals surface area contributed by atoms with Crippen LogP contribution in [-0.2, 0) is 4.79 Å². The summed E-state index contributed by atoms with van der Waals surface area (Å²) in [4.78, 5) is 25.4. The topological polar surface area (TPSA) is 91.6 Å². The van der Waals surface area contributed by atoms with Gasteiger partial charge in [-0.2, -0.15) is 0 Å². The molecule has 0 fully saturated rings. The molecule has 1 atom stereocenters. The fourth-order valence-corrected chi connectivity index (χ4v) is 3.49. The molecule has 3 aromatic rings. The molecule has 1 amide bonds. The van der Waals surface area contributed by atoms with Crippen LogP contribution in [0.4, 0.5) is 8.78 Å². The first-order chi connectivity index (χ1) is 13.7. The lowest BCUT2D eigenvalue weighted by molar-refractivity contribution is -0.123. The van der Waals surface area contributed by atoms with E-state index in [1.165, 1.54) is 12.1 Å². The number of amides is 1. The van der Waals surface area contributed by atoms with Crippen LogP contribution in [-0.4, -0.2) is 33.3 Å². The van der Waals surface area contributed by atoms with Crippen molar-refractivity contribution >= 4 is 34.3 Å². The van der Waals surface area contributed by atoms with Crippen molar-refractivity contribution in [3.8, 4) is 5.75 Å². The van der Waals surface area contributed by atoms with Crippen LogP contribution in [0.2, 0.25) is 5.02 Å². The SMILES string of the molecule is Cc1c([C@@H](C)C(=O)NCO)c2cc(O)c(F)cc2n1C(=O)c1ccc(Cl)c(F)c1. The number of halogens is 3. The first kappa shape index (κ1) is 20.8. The summed E-state index contributed by atoms with van der Waals surface area (Å²) < 4.78 is 29.1. The van der Waals surface area contributed by atoms with Gasteiger partial charge in [0.15, 0.2) is 11.6 Å². The van der Waals surface area contributed by atoms with Gasteiger partial charge in [0.1, 0.15) is 12.5 Å². The number of carbonyl (C=O) groups excluding carboxylic acids is 2.